The molecule has 0 saturated heterocycles. The lowest BCUT2D eigenvalue weighted by Gasteiger charge is -2.04. The normalized spacial score (nSPS) is 10.5. The minimum atomic E-state index is -0.818. The van der Waals surface area contributed by atoms with Crippen LogP contribution in [0, 0.1) is 0 Å². The second kappa shape index (κ2) is 3.20. The van der Waals surface area contributed by atoms with Crippen molar-refractivity contribution in [2.45, 2.75) is 4.84 Å². The number of para-hydroxylation sites is 1. The van der Waals surface area contributed by atoms with Gasteiger partial charge in [-0.1, -0.05) is 35.3 Å². The van der Waals surface area contributed by atoms with Crippen molar-refractivity contribution in [2.75, 3.05) is 0 Å². The summed E-state index contributed by atoms with van der Waals surface area (Å²) < 4.78 is 0. The van der Waals surface area contributed by atoms with Crippen LogP contribution in [0.5, 0.6) is 11.5 Å². The van der Waals surface area contributed by atoms with E-state index < -0.39 is 4.84 Å². The van der Waals surface area contributed by atoms with Crippen LogP contribution >= 0.6 is 23.2 Å². The maximum Gasteiger partial charge on any atom is 0.163 e. The zero-order valence-electron chi connectivity index (χ0n) is 5.46. The third-order valence-electron chi connectivity index (χ3n) is 1.28. The lowest BCUT2D eigenvalue weighted by molar-refractivity contribution is 0.400. The maximum absolute atomic E-state index is 9.15. The molecule has 0 aromatic heterocycles. The zero-order chi connectivity index (χ0) is 8.43. The summed E-state index contributed by atoms with van der Waals surface area (Å²) in [5.74, 6) is -0.476. The summed E-state index contributed by atoms with van der Waals surface area (Å²) in [7, 11) is 0. The summed E-state index contributed by atoms with van der Waals surface area (Å²) in [5, 5.41) is 18.1. The summed E-state index contributed by atoms with van der Waals surface area (Å²) in [4.78, 5) is -0.818. The molecule has 0 spiro atoms. The summed E-state index contributed by atoms with van der Waals surface area (Å²) in [5.41, 5.74) is 0.313. The van der Waals surface area contributed by atoms with Crippen LogP contribution in [0.4, 0.5) is 0 Å². The Morgan fingerprint density at radius 2 is 1.82 bits per heavy atom. The van der Waals surface area contributed by atoms with E-state index in [1.807, 2.05) is 0 Å². The summed E-state index contributed by atoms with van der Waals surface area (Å²) in [6, 6.07) is 4.46. The van der Waals surface area contributed by atoms with E-state index in [0.717, 1.165) is 0 Å². The molecule has 1 aromatic carbocycles. The summed E-state index contributed by atoms with van der Waals surface area (Å²) in [6.07, 6.45) is 0. The molecule has 0 radical (unpaired) electrons. The molecule has 0 atom stereocenters. The van der Waals surface area contributed by atoms with Crippen LogP contribution in [0.1, 0.15) is 10.4 Å². The number of phenols is 2. The van der Waals surface area contributed by atoms with Crippen LogP contribution in [0.15, 0.2) is 18.2 Å². The monoisotopic (exact) mass is 192 g/mol. The molecule has 1 aromatic rings. The van der Waals surface area contributed by atoms with E-state index in [4.69, 9.17) is 33.4 Å². The Labute approximate surface area is 74.0 Å². The van der Waals surface area contributed by atoms with E-state index in [1.54, 1.807) is 12.1 Å². The van der Waals surface area contributed by atoms with Gasteiger partial charge in [0, 0.05) is 5.56 Å². The van der Waals surface area contributed by atoms with Crippen LogP contribution in [-0.2, 0) is 0 Å². The van der Waals surface area contributed by atoms with Crippen LogP contribution in [0.2, 0.25) is 0 Å². The number of hydrogen-bond acceptors (Lipinski definition) is 2. The van der Waals surface area contributed by atoms with Gasteiger partial charge >= 0.3 is 0 Å². The quantitative estimate of drug-likeness (QED) is 0.531. The summed E-state index contributed by atoms with van der Waals surface area (Å²) >= 11 is 10.9. The number of rotatable bonds is 1. The lowest BCUT2D eigenvalue weighted by atomic mass is 10.2. The Morgan fingerprint density at radius 1 is 1.18 bits per heavy atom. The first-order valence-corrected chi connectivity index (χ1v) is 3.79. The molecular weight excluding hydrogens is 187 g/mol. The first kappa shape index (κ1) is 8.50. The average molecular weight is 193 g/mol. The maximum atomic E-state index is 9.15. The summed E-state index contributed by atoms with van der Waals surface area (Å²) in [6.45, 7) is 0. The van der Waals surface area contributed by atoms with Gasteiger partial charge in [0.05, 0.1) is 0 Å². The average Bonchev–Trinajstić information content (AvgIpc) is 1.94. The number of halogens is 2. The smallest absolute Gasteiger partial charge is 0.163 e. The predicted octanol–water partition coefficient (Wildman–Crippen LogP) is 2.57. The molecule has 1 rings (SSSR count). The zero-order valence-corrected chi connectivity index (χ0v) is 6.97. The van der Waals surface area contributed by atoms with Gasteiger partial charge < -0.3 is 10.2 Å². The standard InChI is InChI=1S/C7H6Cl2O2/c8-7(9)4-2-1-3-5(10)6(4)11/h1-3,7,10-11H. The van der Waals surface area contributed by atoms with Gasteiger partial charge in [-0.05, 0) is 6.07 Å². The molecule has 2 N–H and O–H groups in total. The molecule has 4 heteroatoms. The Kier molecular flexibility index (Phi) is 2.47. The Balaban J connectivity index is 3.17. The molecule has 0 saturated carbocycles. The first-order valence-electron chi connectivity index (χ1n) is 2.92. The van der Waals surface area contributed by atoms with E-state index >= 15 is 0 Å². The van der Waals surface area contributed by atoms with Gasteiger partial charge in [0.25, 0.3) is 0 Å². The second-order valence-corrected chi connectivity index (χ2v) is 3.11. The number of benzene rings is 1. The van der Waals surface area contributed by atoms with Crippen LogP contribution in [0.25, 0.3) is 0 Å². The molecule has 0 fully saturated rings. The number of aromatic hydroxyl groups is 2. The number of alkyl halides is 2. The predicted molar refractivity (Wildman–Crippen MR) is 44.2 cm³/mol. The van der Waals surface area contributed by atoms with E-state index in [0.29, 0.717) is 5.56 Å². The Bertz CT molecular complexity index is 261. The molecule has 60 valence electrons. The van der Waals surface area contributed by atoms with E-state index in [9.17, 15) is 0 Å². The van der Waals surface area contributed by atoms with Crippen molar-refractivity contribution in [1.82, 2.24) is 0 Å². The van der Waals surface area contributed by atoms with Gasteiger partial charge in [-0.2, -0.15) is 0 Å². The fourth-order valence-electron chi connectivity index (χ4n) is 0.725. The van der Waals surface area contributed by atoms with Crippen LogP contribution in [0.3, 0.4) is 0 Å². The van der Waals surface area contributed by atoms with Gasteiger partial charge in [0.15, 0.2) is 11.5 Å². The molecule has 0 heterocycles. The van der Waals surface area contributed by atoms with Gasteiger partial charge in [-0.25, -0.2) is 0 Å². The van der Waals surface area contributed by atoms with Gasteiger partial charge in [-0.3, -0.25) is 0 Å². The van der Waals surface area contributed by atoms with Gasteiger partial charge in [-0.15, -0.1) is 0 Å². The van der Waals surface area contributed by atoms with Crippen LogP contribution < -0.4 is 0 Å². The highest BCUT2D eigenvalue weighted by Gasteiger charge is 2.11. The number of phenolic OH excluding ortho intramolecular Hbond substituents is 2. The Hall–Kier alpha value is -0.600. The molecule has 0 aliphatic heterocycles. The van der Waals surface area contributed by atoms with Crippen molar-refractivity contribution in [3.63, 3.8) is 0 Å². The topological polar surface area (TPSA) is 40.5 Å². The Morgan fingerprint density at radius 3 is 2.27 bits per heavy atom. The minimum absolute atomic E-state index is 0.214. The molecule has 0 bridgehead atoms. The fourth-order valence-corrected chi connectivity index (χ4v) is 1.08. The molecule has 2 nitrogen and oxygen atoms in total. The van der Waals surface area contributed by atoms with Crippen molar-refractivity contribution in [2.24, 2.45) is 0 Å². The molecule has 0 amide bonds. The minimum Gasteiger partial charge on any atom is -0.504 e. The molecule has 11 heavy (non-hydrogen) atoms. The lowest BCUT2D eigenvalue weighted by Crippen LogP contribution is -1.82. The van der Waals surface area contributed by atoms with E-state index in [2.05, 4.69) is 0 Å². The highest BCUT2D eigenvalue weighted by atomic mass is 35.5. The highest BCUT2D eigenvalue weighted by Crippen LogP contribution is 2.37. The van der Waals surface area contributed by atoms with Crippen molar-refractivity contribution < 1.29 is 10.2 Å². The van der Waals surface area contributed by atoms with Crippen molar-refractivity contribution >= 4 is 23.2 Å². The second-order valence-electron chi connectivity index (χ2n) is 2.02. The van der Waals surface area contributed by atoms with Crippen molar-refractivity contribution in [3.8, 4) is 11.5 Å². The largest absolute Gasteiger partial charge is 0.504 e. The van der Waals surface area contributed by atoms with Gasteiger partial charge in [0.1, 0.15) is 4.84 Å². The van der Waals surface area contributed by atoms with Crippen molar-refractivity contribution in [1.29, 1.82) is 0 Å². The van der Waals surface area contributed by atoms with Crippen LogP contribution in [-0.4, -0.2) is 10.2 Å². The molecule has 0 unspecified atom stereocenters. The molecule has 0 aliphatic carbocycles. The van der Waals surface area contributed by atoms with E-state index in [1.165, 1.54) is 6.07 Å². The van der Waals surface area contributed by atoms with E-state index in [-0.39, 0.29) is 11.5 Å². The third kappa shape index (κ3) is 1.70. The highest BCUT2D eigenvalue weighted by molar-refractivity contribution is 6.44. The third-order valence-corrected chi connectivity index (χ3v) is 1.75. The van der Waals surface area contributed by atoms with Gasteiger partial charge in [0.2, 0.25) is 0 Å². The number of hydrogen-bond donors (Lipinski definition) is 2. The first-order chi connectivity index (χ1) is 5.13. The molecular formula is C7H6Cl2O2. The van der Waals surface area contributed by atoms with Crippen molar-refractivity contribution in [3.05, 3.63) is 23.8 Å². The fraction of sp³-hybridized carbons (Fsp3) is 0.143. The molecule has 0 aliphatic rings. The SMILES string of the molecule is Oc1cccc(C(Cl)Cl)c1O.